The van der Waals surface area contributed by atoms with E-state index in [9.17, 15) is 0 Å². The second-order valence-electron chi connectivity index (χ2n) is 3.25. The van der Waals surface area contributed by atoms with E-state index in [0.717, 1.165) is 5.92 Å². The molecule has 0 aliphatic carbocycles. The molecule has 1 aromatic carbocycles. The van der Waals surface area contributed by atoms with Crippen molar-refractivity contribution in [3.63, 3.8) is 0 Å². The number of hydrogen-bond acceptors (Lipinski definition) is 1. The lowest BCUT2D eigenvalue weighted by molar-refractivity contribution is 0.880. The van der Waals surface area contributed by atoms with Gasteiger partial charge in [0.25, 0.3) is 0 Å². The van der Waals surface area contributed by atoms with E-state index in [2.05, 4.69) is 32.0 Å². The normalized spacial score (nSPS) is 21.8. The molecule has 0 radical (unpaired) electrons. The first-order valence-corrected chi connectivity index (χ1v) is 4.99. The second-order valence-corrected chi connectivity index (χ2v) is 4.32. The number of aryl methyl sites for hydroxylation is 1. The quantitative estimate of drug-likeness (QED) is 0.567. The second kappa shape index (κ2) is 2.56. The van der Waals surface area contributed by atoms with Gasteiger partial charge in [0, 0.05) is 10.6 Å². The highest BCUT2D eigenvalue weighted by molar-refractivity contribution is 7.99. The van der Waals surface area contributed by atoms with Gasteiger partial charge >= 0.3 is 0 Å². The summed E-state index contributed by atoms with van der Waals surface area (Å²) in [7, 11) is 0. The smallest absolute Gasteiger partial charge is 0.0107 e. The molecule has 0 amide bonds. The number of fused-ring (bicyclic) bond motifs is 1. The molecule has 58 valence electrons. The molecule has 0 bridgehead atoms. The van der Waals surface area contributed by atoms with Gasteiger partial charge in [0.2, 0.25) is 0 Å². The molecule has 0 fully saturated rings. The largest absolute Gasteiger partial charge is 0.125 e. The van der Waals surface area contributed by atoms with Gasteiger partial charge in [-0.05, 0) is 24.5 Å². The summed E-state index contributed by atoms with van der Waals surface area (Å²) in [5, 5.41) is 0. The van der Waals surface area contributed by atoms with E-state index in [1.165, 1.54) is 16.2 Å². The first kappa shape index (κ1) is 7.23. The van der Waals surface area contributed by atoms with Crippen LogP contribution in [-0.2, 0) is 0 Å². The maximum atomic E-state index is 2.32. The Bertz CT molecular complexity index is 278. The Hall–Kier alpha value is -0.430. The minimum Gasteiger partial charge on any atom is -0.125 e. The topological polar surface area (TPSA) is 0 Å². The van der Waals surface area contributed by atoms with Gasteiger partial charge in [-0.15, -0.1) is 11.8 Å². The summed E-state index contributed by atoms with van der Waals surface area (Å²) in [5.41, 5.74) is 2.94. The molecule has 0 saturated carbocycles. The molecule has 0 spiro atoms. The van der Waals surface area contributed by atoms with Gasteiger partial charge in [0.05, 0.1) is 0 Å². The van der Waals surface area contributed by atoms with Crippen LogP contribution >= 0.6 is 11.8 Å². The Morgan fingerprint density at radius 1 is 1.45 bits per heavy atom. The zero-order valence-corrected chi connectivity index (χ0v) is 7.74. The van der Waals surface area contributed by atoms with Crippen LogP contribution in [-0.4, -0.2) is 5.75 Å². The summed E-state index contributed by atoms with van der Waals surface area (Å²) in [6.07, 6.45) is 0. The Morgan fingerprint density at radius 2 is 2.27 bits per heavy atom. The predicted octanol–water partition coefficient (Wildman–Crippen LogP) is 3.20. The van der Waals surface area contributed by atoms with E-state index in [4.69, 9.17) is 0 Å². The first-order valence-electron chi connectivity index (χ1n) is 4.01. The molecule has 0 N–H and O–H groups in total. The molecule has 1 atom stereocenters. The summed E-state index contributed by atoms with van der Waals surface area (Å²) in [5.74, 6) is 2.02. The van der Waals surface area contributed by atoms with Crippen LogP contribution in [0.2, 0.25) is 0 Å². The minimum absolute atomic E-state index is 0.759. The van der Waals surface area contributed by atoms with Crippen molar-refractivity contribution in [2.24, 2.45) is 0 Å². The van der Waals surface area contributed by atoms with Gasteiger partial charge in [-0.2, -0.15) is 0 Å². The zero-order chi connectivity index (χ0) is 7.84. The molecule has 0 nitrogen and oxygen atoms in total. The van der Waals surface area contributed by atoms with Crippen LogP contribution in [0.25, 0.3) is 0 Å². The lowest BCUT2D eigenvalue weighted by Crippen LogP contribution is -1.89. The zero-order valence-electron chi connectivity index (χ0n) is 6.92. The van der Waals surface area contributed by atoms with E-state index in [1.807, 2.05) is 11.8 Å². The molecule has 0 aromatic heterocycles. The maximum Gasteiger partial charge on any atom is 0.0107 e. The van der Waals surface area contributed by atoms with Gasteiger partial charge in [-0.3, -0.25) is 0 Å². The van der Waals surface area contributed by atoms with Crippen LogP contribution in [0, 0.1) is 6.92 Å². The molecule has 1 heteroatoms. The van der Waals surface area contributed by atoms with E-state index in [1.54, 1.807) is 5.56 Å². The van der Waals surface area contributed by atoms with Gasteiger partial charge in [-0.25, -0.2) is 0 Å². The highest BCUT2D eigenvalue weighted by Gasteiger charge is 2.18. The highest BCUT2D eigenvalue weighted by Crippen LogP contribution is 2.39. The average molecular weight is 164 g/mol. The van der Waals surface area contributed by atoms with Gasteiger partial charge in [-0.1, -0.05) is 24.6 Å². The van der Waals surface area contributed by atoms with Crippen LogP contribution in [0.4, 0.5) is 0 Å². The predicted molar refractivity (Wildman–Crippen MR) is 50.3 cm³/mol. The molecule has 0 unspecified atom stereocenters. The fourth-order valence-electron chi connectivity index (χ4n) is 1.49. The number of benzene rings is 1. The number of hydrogen-bond donors (Lipinski definition) is 0. The highest BCUT2D eigenvalue weighted by atomic mass is 32.2. The molecule has 1 aliphatic rings. The van der Waals surface area contributed by atoms with E-state index in [0.29, 0.717) is 0 Å². The molecule has 1 aromatic rings. The Kier molecular flexibility index (Phi) is 1.68. The van der Waals surface area contributed by atoms with Crippen molar-refractivity contribution in [3.8, 4) is 0 Å². The standard InChI is InChI=1S/C10H12S/c1-7-3-4-10-9(5-7)8(2)6-11-10/h3-5,8H,6H2,1-2H3/t8-/m0/s1. The fourth-order valence-corrected chi connectivity index (χ4v) is 2.69. The van der Waals surface area contributed by atoms with Crippen molar-refractivity contribution in [2.75, 3.05) is 5.75 Å². The first-order chi connectivity index (χ1) is 5.27. The van der Waals surface area contributed by atoms with Crippen LogP contribution in [0.1, 0.15) is 24.0 Å². The molecule has 11 heavy (non-hydrogen) atoms. The number of rotatable bonds is 0. The third-order valence-electron chi connectivity index (χ3n) is 2.19. The van der Waals surface area contributed by atoms with Crippen LogP contribution < -0.4 is 0 Å². The van der Waals surface area contributed by atoms with Gasteiger partial charge in [0.15, 0.2) is 0 Å². The monoisotopic (exact) mass is 164 g/mol. The molecular formula is C10H12S. The summed E-state index contributed by atoms with van der Waals surface area (Å²) in [4.78, 5) is 1.49. The van der Waals surface area contributed by atoms with Crippen molar-refractivity contribution in [1.82, 2.24) is 0 Å². The Balaban J connectivity index is 2.52. The minimum atomic E-state index is 0.759. The fraction of sp³-hybridized carbons (Fsp3) is 0.400. The van der Waals surface area contributed by atoms with Gasteiger partial charge < -0.3 is 0 Å². The molecule has 0 saturated heterocycles. The lowest BCUT2D eigenvalue weighted by atomic mass is 10.0. The van der Waals surface area contributed by atoms with E-state index < -0.39 is 0 Å². The van der Waals surface area contributed by atoms with E-state index in [-0.39, 0.29) is 0 Å². The van der Waals surface area contributed by atoms with Crippen LogP contribution in [0.15, 0.2) is 23.1 Å². The molecule has 1 heterocycles. The van der Waals surface area contributed by atoms with Gasteiger partial charge in [0.1, 0.15) is 0 Å². The summed E-state index contributed by atoms with van der Waals surface area (Å²) < 4.78 is 0. The molecule has 2 rings (SSSR count). The van der Waals surface area contributed by atoms with Crippen molar-refractivity contribution < 1.29 is 0 Å². The van der Waals surface area contributed by atoms with Crippen molar-refractivity contribution in [3.05, 3.63) is 29.3 Å². The average Bonchev–Trinajstić information content (AvgIpc) is 2.33. The van der Waals surface area contributed by atoms with Crippen molar-refractivity contribution in [2.45, 2.75) is 24.7 Å². The molecular weight excluding hydrogens is 152 g/mol. The third kappa shape index (κ3) is 1.18. The van der Waals surface area contributed by atoms with E-state index >= 15 is 0 Å². The lowest BCUT2D eigenvalue weighted by Gasteiger charge is -2.02. The van der Waals surface area contributed by atoms with Crippen molar-refractivity contribution in [1.29, 1.82) is 0 Å². The summed E-state index contributed by atoms with van der Waals surface area (Å²) in [6, 6.07) is 6.77. The number of thioether (sulfide) groups is 1. The van der Waals surface area contributed by atoms with Crippen LogP contribution in [0.3, 0.4) is 0 Å². The van der Waals surface area contributed by atoms with Crippen LogP contribution in [0.5, 0.6) is 0 Å². The molecule has 1 aliphatic heterocycles. The summed E-state index contributed by atoms with van der Waals surface area (Å²) in [6.45, 7) is 4.47. The maximum absolute atomic E-state index is 2.32. The Morgan fingerprint density at radius 3 is 3.09 bits per heavy atom. The third-order valence-corrected chi connectivity index (χ3v) is 3.53. The SMILES string of the molecule is Cc1ccc2c(c1)[C@@H](C)CS2. The summed E-state index contributed by atoms with van der Waals surface area (Å²) >= 11 is 1.98. The Labute approximate surface area is 72.0 Å². The van der Waals surface area contributed by atoms with Crippen molar-refractivity contribution >= 4 is 11.8 Å².